The molecule has 3 heteroatoms. The van der Waals surface area contributed by atoms with Crippen molar-refractivity contribution in [2.75, 3.05) is 7.11 Å². The van der Waals surface area contributed by atoms with Crippen LogP contribution in [0.2, 0.25) is 5.02 Å². The van der Waals surface area contributed by atoms with E-state index in [1.54, 1.807) is 19.2 Å². The van der Waals surface area contributed by atoms with Gasteiger partial charge in [-0.15, -0.1) is 0 Å². The minimum atomic E-state index is -0.740. The van der Waals surface area contributed by atoms with Crippen molar-refractivity contribution in [3.63, 3.8) is 0 Å². The second-order valence-corrected chi connectivity index (χ2v) is 4.50. The summed E-state index contributed by atoms with van der Waals surface area (Å²) in [6, 6.07) is 16.8. The van der Waals surface area contributed by atoms with E-state index in [4.69, 9.17) is 16.3 Å². The summed E-state index contributed by atoms with van der Waals surface area (Å²) in [5.74, 6) is 0. The number of halogens is 1. The highest BCUT2D eigenvalue weighted by molar-refractivity contribution is 6.30. The molecule has 2 atom stereocenters. The van der Waals surface area contributed by atoms with Gasteiger partial charge in [0.15, 0.2) is 0 Å². The number of ether oxygens (including phenoxy) is 1. The molecule has 0 aliphatic rings. The summed E-state index contributed by atoms with van der Waals surface area (Å²) in [5.41, 5.74) is 1.69. The van der Waals surface area contributed by atoms with E-state index in [0.717, 1.165) is 11.1 Å². The van der Waals surface area contributed by atoms with E-state index in [1.807, 2.05) is 42.5 Å². The first-order chi connectivity index (χ1) is 8.72. The third-order valence-corrected chi connectivity index (χ3v) is 3.09. The number of hydrogen-bond donors (Lipinski definition) is 1. The van der Waals surface area contributed by atoms with Crippen molar-refractivity contribution < 1.29 is 9.84 Å². The number of rotatable bonds is 4. The average Bonchev–Trinajstić information content (AvgIpc) is 2.41. The smallest absolute Gasteiger partial charge is 0.112 e. The highest BCUT2D eigenvalue weighted by Crippen LogP contribution is 2.32. The fourth-order valence-electron chi connectivity index (χ4n) is 1.96. The summed E-state index contributed by atoms with van der Waals surface area (Å²) in [6.07, 6.45) is -1.14. The fourth-order valence-corrected chi connectivity index (χ4v) is 2.15. The second-order valence-electron chi connectivity index (χ2n) is 4.07. The van der Waals surface area contributed by atoms with Gasteiger partial charge in [0.2, 0.25) is 0 Å². The van der Waals surface area contributed by atoms with Crippen LogP contribution >= 0.6 is 11.6 Å². The predicted molar refractivity (Wildman–Crippen MR) is 72.6 cm³/mol. The molecule has 94 valence electrons. The van der Waals surface area contributed by atoms with Gasteiger partial charge in [0.1, 0.15) is 12.2 Å². The molecule has 2 aromatic rings. The van der Waals surface area contributed by atoms with E-state index in [1.165, 1.54) is 0 Å². The van der Waals surface area contributed by atoms with Gasteiger partial charge in [-0.05, 0) is 23.3 Å². The van der Waals surface area contributed by atoms with Gasteiger partial charge in [0.05, 0.1) is 0 Å². The number of benzene rings is 2. The summed E-state index contributed by atoms with van der Waals surface area (Å²) in [5, 5.41) is 11.0. The van der Waals surface area contributed by atoms with Gasteiger partial charge in [-0.1, -0.05) is 54.1 Å². The Bertz CT molecular complexity index is 499. The van der Waals surface area contributed by atoms with Crippen molar-refractivity contribution in [1.29, 1.82) is 0 Å². The van der Waals surface area contributed by atoms with Gasteiger partial charge in [0.25, 0.3) is 0 Å². The summed E-state index contributed by atoms with van der Waals surface area (Å²) >= 11 is 5.93. The molecule has 2 rings (SSSR count). The Kier molecular flexibility index (Phi) is 4.37. The Morgan fingerprint density at radius 1 is 1.00 bits per heavy atom. The van der Waals surface area contributed by atoms with E-state index in [9.17, 15) is 5.11 Å². The molecule has 2 unspecified atom stereocenters. The first-order valence-corrected chi connectivity index (χ1v) is 6.11. The van der Waals surface area contributed by atoms with Crippen LogP contribution in [0.4, 0.5) is 0 Å². The van der Waals surface area contributed by atoms with Gasteiger partial charge in [0, 0.05) is 12.1 Å². The molecule has 0 fully saturated rings. The minimum Gasteiger partial charge on any atom is -0.385 e. The Labute approximate surface area is 112 Å². The minimum absolute atomic E-state index is 0.398. The lowest BCUT2D eigenvalue weighted by atomic mass is 9.98. The van der Waals surface area contributed by atoms with Crippen molar-refractivity contribution in [2.45, 2.75) is 12.2 Å². The van der Waals surface area contributed by atoms with E-state index in [-0.39, 0.29) is 0 Å². The lowest BCUT2D eigenvalue weighted by Gasteiger charge is -2.22. The SMILES string of the molecule is COC(c1ccccc1)C(O)c1cccc(Cl)c1. The molecule has 0 aromatic heterocycles. The van der Waals surface area contributed by atoms with Crippen LogP contribution in [-0.2, 0) is 4.74 Å². The third-order valence-electron chi connectivity index (χ3n) is 2.86. The van der Waals surface area contributed by atoms with Gasteiger partial charge in [-0.2, -0.15) is 0 Å². The second kappa shape index (κ2) is 6.01. The number of aliphatic hydroxyl groups is 1. The summed E-state index contributed by atoms with van der Waals surface area (Å²) in [7, 11) is 1.59. The Balaban J connectivity index is 2.28. The van der Waals surface area contributed by atoms with Crippen molar-refractivity contribution in [1.82, 2.24) is 0 Å². The molecule has 18 heavy (non-hydrogen) atoms. The van der Waals surface area contributed by atoms with Gasteiger partial charge in [-0.3, -0.25) is 0 Å². The van der Waals surface area contributed by atoms with Crippen LogP contribution in [0.25, 0.3) is 0 Å². The Hall–Kier alpha value is -1.35. The zero-order chi connectivity index (χ0) is 13.0. The highest BCUT2D eigenvalue weighted by atomic mass is 35.5. The molecule has 0 heterocycles. The van der Waals surface area contributed by atoms with E-state index < -0.39 is 12.2 Å². The quantitative estimate of drug-likeness (QED) is 0.909. The largest absolute Gasteiger partial charge is 0.385 e. The van der Waals surface area contributed by atoms with Gasteiger partial charge in [-0.25, -0.2) is 0 Å². The lowest BCUT2D eigenvalue weighted by Crippen LogP contribution is -2.12. The average molecular weight is 263 g/mol. The van der Waals surface area contributed by atoms with E-state index in [2.05, 4.69) is 0 Å². The van der Waals surface area contributed by atoms with Crippen LogP contribution in [0.3, 0.4) is 0 Å². The molecule has 0 amide bonds. The van der Waals surface area contributed by atoms with Gasteiger partial charge < -0.3 is 9.84 Å². The molecule has 2 aromatic carbocycles. The van der Waals surface area contributed by atoms with Crippen LogP contribution in [0.5, 0.6) is 0 Å². The maximum Gasteiger partial charge on any atom is 0.112 e. The Morgan fingerprint density at radius 3 is 2.28 bits per heavy atom. The maximum absolute atomic E-state index is 10.4. The predicted octanol–water partition coefficient (Wildman–Crippen LogP) is 3.76. The molecule has 2 nitrogen and oxygen atoms in total. The summed E-state index contributed by atoms with van der Waals surface area (Å²) < 4.78 is 5.40. The van der Waals surface area contributed by atoms with Crippen LogP contribution in [0.15, 0.2) is 54.6 Å². The van der Waals surface area contributed by atoms with E-state index >= 15 is 0 Å². The molecule has 0 saturated heterocycles. The zero-order valence-corrected chi connectivity index (χ0v) is 10.8. The number of methoxy groups -OCH3 is 1. The molecule has 0 spiro atoms. The topological polar surface area (TPSA) is 29.5 Å². The summed E-state index contributed by atoms with van der Waals surface area (Å²) in [4.78, 5) is 0. The molecule has 1 N–H and O–H groups in total. The molecule has 0 bridgehead atoms. The maximum atomic E-state index is 10.4. The molecule has 0 aliphatic heterocycles. The monoisotopic (exact) mass is 262 g/mol. The van der Waals surface area contributed by atoms with E-state index in [0.29, 0.717) is 5.02 Å². The van der Waals surface area contributed by atoms with Crippen LogP contribution in [-0.4, -0.2) is 12.2 Å². The van der Waals surface area contributed by atoms with Crippen LogP contribution in [0, 0.1) is 0 Å². The molecule has 0 radical (unpaired) electrons. The number of hydrogen-bond acceptors (Lipinski definition) is 2. The molecule has 0 saturated carbocycles. The lowest BCUT2D eigenvalue weighted by molar-refractivity contribution is -0.0149. The highest BCUT2D eigenvalue weighted by Gasteiger charge is 2.22. The van der Waals surface area contributed by atoms with Crippen LogP contribution < -0.4 is 0 Å². The van der Waals surface area contributed by atoms with Crippen molar-refractivity contribution in [3.05, 3.63) is 70.7 Å². The van der Waals surface area contributed by atoms with Gasteiger partial charge >= 0.3 is 0 Å². The first kappa shape index (κ1) is 13.1. The van der Waals surface area contributed by atoms with Crippen molar-refractivity contribution >= 4 is 11.6 Å². The standard InChI is InChI=1S/C15H15ClO2/c1-18-15(11-6-3-2-4-7-11)14(17)12-8-5-9-13(16)10-12/h2-10,14-15,17H,1H3. The fraction of sp³-hybridized carbons (Fsp3) is 0.200. The van der Waals surface area contributed by atoms with Crippen molar-refractivity contribution in [2.24, 2.45) is 0 Å². The normalized spacial score (nSPS) is 14.2. The van der Waals surface area contributed by atoms with Crippen LogP contribution in [0.1, 0.15) is 23.3 Å². The molecular weight excluding hydrogens is 248 g/mol. The van der Waals surface area contributed by atoms with Crippen molar-refractivity contribution in [3.8, 4) is 0 Å². The number of aliphatic hydroxyl groups excluding tert-OH is 1. The summed E-state index contributed by atoms with van der Waals surface area (Å²) in [6.45, 7) is 0. The Morgan fingerprint density at radius 2 is 1.67 bits per heavy atom. The molecule has 0 aliphatic carbocycles. The first-order valence-electron chi connectivity index (χ1n) is 5.73. The third kappa shape index (κ3) is 2.91. The zero-order valence-electron chi connectivity index (χ0n) is 10.1. The molecular formula is C15H15ClO2.